The maximum Gasteiger partial charge on any atom is 0.329 e. The molecule has 2 aromatic carbocycles. The lowest BCUT2D eigenvalue weighted by atomic mass is 10.0. The molecular weight excluding hydrogens is 427 g/mol. The number of amides is 2. The van der Waals surface area contributed by atoms with Gasteiger partial charge in [-0.2, -0.15) is 0 Å². The van der Waals surface area contributed by atoms with E-state index in [0.29, 0.717) is 5.02 Å². The fourth-order valence-corrected chi connectivity index (χ4v) is 3.05. The summed E-state index contributed by atoms with van der Waals surface area (Å²) in [6.07, 6.45) is 0. The molecule has 2 N–H and O–H groups in total. The molecule has 6 nitrogen and oxygen atoms in total. The van der Waals surface area contributed by atoms with Gasteiger partial charge in [0.05, 0.1) is 16.6 Å². The molecule has 0 heterocycles. The van der Waals surface area contributed by atoms with Gasteiger partial charge in [-0.15, -0.1) is 0 Å². The fraction of sp³-hybridized carbons (Fsp3) is 0.318. The largest absolute Gasteiger partial charge is 0.454 e. The predicted molar refractivity (Wildman–Crippen MR) is 117 cm³/mol. The lowest BCUT2D eigenvalue weighted by Crippen LogP contribution is -2.46. The van der Waals surface area contributed by atoms with Crippen LogP contribution in [-0.2, 0) is 14.3 Å². The summed E-state index contributed by atoms with van der Waals surface area (Å²) < 4.78 is 5.13. The second-order valence-corrected chi connectivity index (χ2v) is 7.97. The summed E-state index contributed by atoms with van der Waals surface area (Å²) in [5.41, 5.74) is 1.12. The molecule has 8 heteroatoms. The lowest BCUT2D eigenvalue weighted by molar-refractivity contribution is -0.151. The third kappa shape index (κ3) is 6.75. The number of halogens is 2. The van der Waals surface area contributed by atoms with Gasteiger partial charge in [-0.25, -0.2) is 4.79 Å². The van der Waals surface area contributed by atoms with E-state index in [9.17, 15) is 14.4 Å². The highest BCUT2D eigenvalue weighted by Gasteiger charge is 2.27. The zero-order chi connectivity index (χ0) is 22.3. The molecule has 0 aliphatic heterocycles. The number of hydrogen-bond donors (Lipinski definition) is 2. The molecule has 0 saturated heterocycles. The number of nitrogens with one attached hydrogen (secondary N) is 2. The maximum absolute atomic E-state index is 12.5. The van der Waals surface area contributed by atoms with Crippen molar-refractivity contribution in [2.24, 2.45) is 5.92 Å². The van der Waals surface area contributed by atoms with Gasteiger partial charge in [0.1, 0.15) is 6.04 Å². The molecular formula is C22H24Cl2N2O4. The first-order valence-corrected chi connectivity index (χ1v) is 10.2. The highest BCUT2D eigenvalue weighted by Crippen LogP contribution is 2.17. The quantitative estimate of drug-likeness (QED) is 0.591. The monoisotopic (exact) mass is 450 g/mol. The first kappa shape index (κ1) is 23.7. The van der Waals surface area contributed by atoms with Crippen molar-refractivity contribution < 1.29 is 19.1 Å². The molecule has 2 amide bonds. The van der Waals surface area contributed by atoms with Crippen molar-refractivity contribution in [3.8, 4) is 0 Å². The van der Waals surface area contributed by atoms with Gasteiger partial charge in [0.15, 0.2) is 6.61 Å². The summed E-state index contributed by atoms with van der Waals surface area (Å²) in [5, 5.41) is 6.26. The topological polar surface area (TPSA) is 84.5 Å². The summed E-state index contributed by atoms with van der Waals surface area (Å²) in [7, 11) is 0. The highest BCUT2D eigenvalue weighted by molar-refractivity contribution is 6.33. The standard InChI is InChI=1S/C22H24Cl2N2O4/c1-13(2)20(26-21(28)17-6-4-5-7-18(17)24)22(29)30-12-19(27)25-14(3)15-8-10-16(23)11-9-15/h4-11,13-14,20H,12H2,1-3H3,(H,25,27)(H,26,28)/t14?,20-/m0/s1. The van der Waals surface area contributed by atoms with Gasteiger partial charge in [-0.05, 0) is 42.7 Å². The smallest absolute Gasteiger partial charge is 0.329 e. The van der Waals surface area contributed by atoms with Crippen LogP contribution in [0.25, 0.3) is 0 Å². The fourth-order valence-electron chi connectivity index (χ4n) is 2.71. The number of carbonyl (C=O) groups is 3. The third-order valence-corrected chi connectivity index (χ3v) is 5.00. The van der Waals surface area contributed by atoms with Crippen LogP contribution in [0.3, 0.4) is 0 Å². The second kappa shape index (κ2) is 11.0. The minimum atomic E-state index is -0.921. The van der Waals surface area contributed by atoms with Crippen molar-refractivity contribution in [2.45, 2.75) is 32.9 Å². The Kier molecular flexibility index (Phi) is 8.69. The zero-order valence-electron chi connectivity index (χ0n) is 16.9. The van der Waals surface area contributed by atoms with E-state index >= 15 is 0 Å². The second-order valence-electron chi connectivity index (χ2n) is 7.12. The lowest BCUT2D eigenvalue weighted by Gasteiger charge is -2.21. The molecule has 0 saturated carbocycles. The van der Waals surface area contributed by atoms with Gasteiger partial charge >= 0.3 is 5.97 Å². The molecule has 0 aromatic heterocycles. The van der Waals surface area contributed by atoms with Crippen molar-refractivity contribution in [2.75, 3.05) is 6.61 Å². The van der Waals surface area contributed by atoms with Crippen molar-refractivity contribution in [3.05, 3.63) is 69.7 Å². The SMILES string of the molecule is CC(NC(=O)COC(=O)[C@@H](NC(=O)c1ccccc1Cl)C(C)C)c1ccc(Cl)cc1. The Morgan fingerprint density at radius 3 is 2.17 bits per heavy atom. The van der Waals surface area contributed by atoms with Crippen LogP contribution in [-0.4, -0.2) is 30.4 Å². The summed E-state index contributed by atoms with van der Waals surface area (Å²) in [6, 6.07) is 12.4. The first-order chi connectivity index (χ1) is 14.2. The van der Waals surface area contributed by atoms with E-state index in [1.807, 2.05) is 6.92 Å². The Morgan fingerprint density at radius 2 is 1.57 bits per heavy atom. The van der Waals surface area contributed by atoms with Crippen molar-refractivity contribution >= 4 is 41.0 Å². The summed E-state index contributed by atoms with van der Waals surface area (Å²) in [5.74, 6) is -1.89. The number of benzene rings is 2. The van der Waals surface area contributed by atoms with E-state index in [-0.39, 0.29) is 22.5 Å². The summed E-state index contributed by atoms with van der Waals surface area (Å²) in [6.45, 7) is 4.88. The number of esters is 1. The average Bonchev–Trinajstić information content (AvgIpc) is 2.70. The molecule has 30 heavy (non-hydrogen) atoms. The molecule has 0 fully saturated rings. The molecule has 2 aromatic rings. The predicted octanol–water partition coefficient (Wildman–Crippen LogP) is 4.17. The summed E-state index contributed by atoms with van der Waals surface area (Å²) >= 11 is 11.9. The molecule has 0 bridgehead atoms. The molecule has 0 spiro atoms. The van der Waals surface area contributed by atoms with Gasteiger partial charge < -0.3 is 15.4 Å². The molecule has 2 atom stereocenters. The maximum atomic E-state index is 12.5. The Morgan fingerprint density at radius 1 is 0.933 bits per heavy atom. The Labute approximate surface area is 185 Å². The zero-order valence-corrected chi connectivity index (χ0v) is 18.5. The van der Waals surface area contributed by atoms with Crippen LogP contribution in [0.4, 0.5) is 0 Å². The van der Waals surface area contributed by atoms with Gasteiger partial charge in [-0.3, -0.25) is 9.59 Å². The van der Waals surface area contributed by atoms with Gasteiger partial charge in [0.2, 0.25) is 0 Å². The van der Waals surface area contributed by atoms with E-state index in [1.54, 1.807) is 62.4 Å². The average molecular weight is 451 g/mol. The van der Waals surface area contributed by atoms with Crippen LogP contribution in [0.5, 0.6) is 0 Å². The normalized spacial score (nSPS) is 12.7. The number of hydrogen-bond acceptors (Lipinski definition) is 4. The first-order valence-electron chi connectivity index (χ1n) is 9.46. The van der Waals surface area contributed by atoms with Gasteiger partial charge in [0.25, 0.3) is 11.8 Å². The van der Waals surface area contributed by atoms with Crippen molar-refractivity contribution in [3.63, 3.8) is 0 Å². The van der Waals surface area contributed by atoms with Crippen LogP contribution in [0.2, 0.25) is 10.0 Å². The third-order valence-electron chi connectivity index (χ3n) is 4.42. The van der Waals surface area contributed by atoms with Gasteiger partial charge in [-0.1, -0.05) is 61.3 Å². The minimum Gasteiger partial charge on any atom is -0.454 e. The van der Waals surface area contributed by atoms with E-state index in [0.717, 1.165) is 5.56 Å². The molecule has 0 aliphatic rings. The van der Waals surface area contributed by atoms with Crippen LogP contribution in [0.15, 0.2) is 48.5 Å². The van der Waals surface area contributed by atoms with E-state index in [1.165, 1.54) is 0 Å². The Hall–Kier alpha value is -2.57. The van der Waals surface area contributed by atoms with E-state index in [2.05, 4.69) is 10.6 Å². The molecule has 0 aliphatic carbocycles. The van der Waals surface area contributed by atoms with Crippen LogP contribution in [0.1, 0.15) is 42.7 Å². The van der Waals surface area contributed by atoms with Crippen LogP contribution in [0, 0.1) is 5.92 Å². The van der Waals surface area contributed by atoms with Crippen molar-refractivity contribution in [1.82, 2.24) is 10.6 Å². The highest BCUT2D eigenvalue weighted by atomic mass is 35.5. The number of ether oxygens (including phenoxy) is 1. The minimum absolute atomic E-state index is 0.250. The van der Waals surface area contributed by atoms with E-state index < -0.39 is 30.4 Å². The number of rotatable bonds is 8. The molecule has 1 unspecified atom stereocenters. The van der Waals surface area contributed by atoms with Gasteiger partial charge in [0, 0.05) is 5.02 Å². The van der Waals surface area contributed by atoms with Crippen LogP contribution >= 0.6 is 23.2 Å². The van der Waals surface area contributed by atoms with E-state index in [4.69, 9.17) is 27.9 Å². The van der Waals surface area contributed by atoms with Crippen LogP contribution < -0.4 is 10.6 Å². The Bertz CT molecular complexity index is 900. The van der Waals surface area contributed by atoms with Crippen molar-refractivity contribution in [1.29, 1.82) is 0 Å². The molecule has 2 rings (SSSR count). The summed E-state index contributed by atoms with van der Waals surface area (Å²) in [4.78, 5) is 37.1. The molecule has 160 valence electrons. The Balaban J connectivity index is 1.91. The number of carbonyl (C=O) groups excluding carboxylic acids is 3. The molecule has 0 radical (unpaired) electrons.